The van der Waals surface area contributed by atoms with E-state index in [4.69, 9.17) is 4.74 Å². The molecule has 2 unspecified atom stereocenters. The van der Waals surface area contributed by atoms with Gasteiger partial charge in [-0.1, -0.05) is 13.8 Å². The van der Waals surface area contributed by atoms with E-state index in [9.17, 15) is 8.42 Å². The maximum Gasteiger partial charge on any atom is 0.151 e. The first-order valence-electron chi connectivity index (χ1n) is 7.40. The first-order chi connectivity index (χ1) is 9.90. The molecule has 5 nitrogen and oxygen atoms in total. The van der Waals surface area contributed by atoms with Gasteiger partial charge in [-0.2, -0.15) is 0 Å². The van der Waals surface area contributed by atoms with Gasteiger partial charge in [0.2, 0.25) is 0 Å². The highest BCUT2D eigenvalue weighted by molar-refractivity contribution is 7.91. The monoisotopic (exact) mass is 314 g/mol. The Kier molecular flexibility index (Phi) is 7.11. The first kappa shape index (κ1) is 17.9. The van der Waals surface area contributed by atoms with E-state index in [1.165, 1.54) is 6.26 Å². The number of hydrogen-bond donors (Lipinski definition) is 1. The summed E-state index contributed by atoms with van der Waals surface area (Å²) in [7, 11) is -3.14. The van der Waals surface area contributed by atoms with Gasteiger partial charge in [0.25, 0.3) is 0 Å². The fourth-order valence-electron chi connectivity index (χ4n) is 2.01. The Morgan fingerprint density at radius 3 is 2.57 bits per heavy atom. The van der Waals surface area contributed by atoms with Crippen LogP contribution in [0.2, 0.25) is 0 Å². The molecule has 1 aromatic rings. The summed E-state index contributed by atoms with van der Waals surface area (Å²) in [6.07, 6.45) is 6.48. The Labute approximate surface area is 128 Å². The number of rotatable bonds is 9. The van der Waals surface area contributed by atoms with Crippen molar-refractivity contribution < 1.29 is 13.2 Å². The molecule has 0 aliphatic carbocycles. The van der Waals surface area contributed by atoms with E-state index >= 15 is 0 Å². The van der Waals surface area contributed by atoms with Crippen LogP contribution in [0, 0.1) is 0 Å². The normalized spacial score (nSPS) is 14.7. The van der Waals surface area contributed by atoms with Crippen LogP contribution in [-0.4, -0.2) is 38.1 Å². The highest BCUT2D eigenvalue weighted by Crippen LogP contribution is 2.24. The second-order valence-electron chi connectivity index (χ2n) is 5.27. The van der Waals surface area contributed by atoms with Gasteiger partial charge in [0, 0.05) is 12.5 Å². The van der Waals surface area contributed by atoms with Crippen LogP contribution in [0.1, 0.15) is 45.2 Å². The largest absolute Gasteiger partial charge is 0.492 e. The van der Waals surface area contributed by atoms with Crippen molar-refractivity contribution in [3.63, 3.8) is 0 Å². The summed E-state index contributed by atoms with van der Waals surface area (Å²) in [5, 5.41) is 2.78. The summed E-state index contributed by atoms with van der Waals surface area (Å²) >= 11 is 0. The molecule has 0 aliphatic heterocycles. The third-order valence-corrected chi connectivity index (χ3v) is 4.95. The minimum atomic E-state index is -3.14. The predicted molar refractivity (Wildman–Crippen MR) is 85.4 cm³/mol. The van der Waals surface area contributed by atoms with Gasteiger partial charge in [-0.3, -0.25) is 4.98 Å². The molecule has 2 atom stereocenters. The van der Waals surface area contributed by atoms with Gasteiger partial charge in [-0.15, -0.1) is 0 Å². The van der Waals surface area contributed by atoms with Crippen LogP contribution in [0.25, 0.3) is 0 Å². The Morgan fingerprint density at radius 2 is 2.00 bits per heavy atom. The maximum absolute atomic E-state index is 11.9. The number of pyridine rings is 1. The quantitative estimate of drug-likeness (QED) is 0.758. The summed E-state index contributed by atoms with van der Waals surface area (Å²) in [6.45, 7) is 7.19. The van der Waals surface area contributed by atoms with Gasteiger partial charge in [0.05, 0.1) is 24.1 Å². The first-order valence-corrected chi connectivity index (χ1v) is 9.35. The van der Waals surface area contributed by atoms with Crippen molar-refractivity contribution >= 4 is 9.84 Å². The number of ether oxygens (including phenoxy) is 1. The molecule has 1 aromatic heterocycles. The van der Waals surface area contributed by atoms with Crippen LogP contribution in [0.5, 0.6) is 5.75 Å². The zero-order chi connectivity index (χ0) is 15.9. The van der Waals surface area contributed by atoms with E-state index < -0.39 is 15.1 Å². The lowest BCUT2D eigenvalue weighted by molar-refractivity contribution is 0.315. The van der Waals surface area contributed by atoms with Gasteiger partial charge < -0.3 is 10.1 Å². The molecule has 1 heterocycles. The van der Waals surface area contributed by atoms with Crippen LogP contribution in [0.15, 0.2) is 18.5 Å². The molecule has 120 valence electrons. The molecule has 0 spiro atoms. The molecule has 1 N–H and O–H groups in total. The van der Waals surface area contributed by atoms with Crippen LogP contribution >= 0.6 is 0 Å². The van der Waals surface area contributed by atoms with E-state index in [0.29, 0.717) is 12.4 Å². The molecule has 0 aromatic carbocycles. The molecular formula is C15H26N2O3S. The molecule has 0 amide bonds. The zero-order valence-corrected chi connectivity index (χ0v) is 14.1. The summed E-state index contributed by atoms with van der Waals surface area (Å²) in [6, 6.07) is 1.59. The third kappa shape index (κ3) is 5.63. The lowest BCUT2D eigenvalue weighted by atomic mass is 10.1. The average Bonchev–Trinajstić information content (AvgIpc) is 2.45. The Morgan fingerprint density at radius 1 is 1.29 bits per heavy atom. The van der Waals surface area contributed by atoms with Crippen LogP contribution in [0.3, 0.4) is 0 Å². The number of aromatic nitrogens is 1. The third-order valence-electron chi connectivity index (χ3n) is 3.33. The van der Waals surface area contributed by atoms with Crippen molar-refractivity contribution in [2.75, 3.05) is 19.4 Å². The van der Waals surface area contributed by atoms with Crippen molar-refractivity contribution in [1.82, 2.24) is 10.3 Å². The maximum atomic E-state index is 11.9. The lowest BCUT2D eigenvalue weighted by Gasteiger charge is -2.24. The topological polar surface area (TPSA) is 68.3 Å². The SMILES string of the molecule is CCCNC(c1cncc(OCCC)c1)C(C)S(C)(=O)=O. The molecule has 0 radical (unpaired) electrons. The highest BCUT2D eigenvalue weighted by Gasteiger charge is 2.27. The van der Waals surface area contributed by atoms with Crippen LogP contribution < -0.4 is 10.1 Å². The highest BCUT2D eigenvalue weighted by atomic mass is 32.2. The molecule has 6 heteroatoms. The van der Waals surface area contributed by atoms with Gasteiger partial charge in [-0.05, 0) is 37.9 Å². The Bertz CT molecular complexity index is 531. The van der Waals surface area contributed by atoms with E-state index in [1.54, 1.807) is 19.3 Å². The zero-order valence-electron chi connectivity index (χ0n) is 13.3. The van der Waals surface area contributed by atoms with E-state index in [-0.39, 0.29) is 6.04 Å². The summed E-state index contributed by atoms with van der Waals surface area (Å²) < 4.78 is 29.3. The fraction of sp³-hybridized carbons (Fsp3) is 0.667. The molecule has 21 heavy (non-hydrogen) atoms. The van der Waals surface area contributed by atoms with Gasteiger partial charge in [-0.25, -0.2) is 8.42 Å². The second-order valence-corrected chi connectivity index (χ2v) is 7.67. The molecule has 0 fully saturated rings. The molecule has 0 bridgehead atoms. The molecule has 1 rings (SSSR count). The van der Waals surface area contributed by atoms with Crippen molar-refractivity contribution in [2.24, 2.45) is 0 Å². The van der Waals surface area contributed by atoms with Crippen molar-refractivity contribution in [3.8, 4) is 5.75 Å². The van der Waals surface area contributed by atoms with Crippen LogP contribution in [0.4, 0.5) is 0 Å². The molecule has 0 saturated carbocycles. The fourth-order valence-corrected chi connectivity index (χ4v) is 2.75. The average molecular weight is 314 g/mol. The van der Waals surface area contributed by atoms with Crippen LogP contribution in [-0.2, 0) is 9.84 Å². The van der Waals surface area contributed by atoms with Gasteiger partial charge in [0.15, 0.2) is 9.84 Å². The van der Waals surface area contributed by atoms with E-state index in [1.807, 2.05) is 19.9 Å². The van der Waals surface area contributed by atoms with Crippen molar-refractivity contribution in [2.45, 2.75) is 44.9 Å². The summed E-state index contributed by atoms with van der Waals surface area (Å²) in [5.74, 6) is 0.679. The minimum Gasteiger partial charge on any atom is -0.492 e. The summed E-state index contributed by atoms with van der Waals surface area (Å²) in [5.41, 5.74) is 0.843. The minimum absolute atomic E-state index is 0.280. The molecule has 0 aliphatic rings. The number of nitrogens with one attached hydrogen (secondary N) is 1. The smallest absolute Gasteiger partial charge is 0.151 e. The van der Waals surface area contributed by atoms with Gasteiger partial charge in [0.1, 0.15) is 5.75 Å². The Hall–Kier alpha value is -1.14. The Balaban J connectivity index is 3.02. The predicted octanol–water partition coefficient (Wildman–Crippen LogP) is 2.34. The van der Waals surface area contributed by atoms with E-state index in [2.05, 4.69) is 10.3 Å². The number of sulfone groups is 1. The van der Waals surface area contributed by atoms with Crippen molar-refractivity contribution in [1.29, 1.82) is 0 Å². The number of nitrogens with zero attached hydrogens (tertiary/aromatic N) is 1. The molecular weight excluding hydrogens is 288 g/mol. The van der Waals surface area contributed by atoms with Crippen molar-refractivity contribution in [3.05, 3.63) is 24.0 Å². The second kappa shape index (κ2) is 8.34. The summed E-state index contributed by atoms with van der Waals surface area (Å²) in [4.78, 5) is 4.17. The standard InChI is InChI=1S/C15H26N2O3S/c1-5-7-17-15(12(3)21(4,18)19)13-9-14(11-16-10-13)20-8-6-2/h9-12,15,17H,5-8H2,1-4H3. The van der Waals surface area contributed by atoms with E-state index in [0.717, 1.165) is 24.9 Å². The van der Waals surface area contributed by atoms with Gasteiger partial charge >= 0.3 is 0 Å². The lowest BCUT2D eigenvalue weighted by Crippen LogP contribution is -2.35. The number of hydrogen-bond acceptors (Lipinski definition) is 5. The molecule has 0 saturated heterocycles.